The molecule has 8 heteroatoms. The molecule has 152 valence electrons. The predicted octanol–water partition coefficient (Wildman–Crippen LogP) is 3.60. The highest BCUT2D eigenvalue weighted by molar-refractivity contribution is 7.89. The van der Waals surface area contributed by atoms with Crippen LogP contribution in [0, 0.1) is 0 Å². The van der Waals surface area contributed by atoms with Crippen molar-refractivity contribution in [2.75, 3.05) is 23.3 Å². The third-order valence-corrected chi connectivity index (χ3v) is 5.97. The zero-order chi connectivity index (χ0) is 20.4. The zero-order valence-electron chi connectivity index (χ0n) is 16.5. The number of furan rings is 1. The maximum Gasteiger partial charge on any atom is 0.291 e. The van der Waals surface area contributed by atoms with Crippen LogP contribution in [0.4, 0.5) is 11.4 Å². The molecule has 1 aromatic heterocycles. The maximum absolute atomic E-state index is 12.5. The van der Waals surface area contributed by atoms with Gasteiger partial charge in [-0.25, -0.2) is 13.1 Å². The van der Waals surface area contributed by atoms with Gasteiger partial charge in [0.1, 0.15) is 0 Å². The van der Waals surface area contributed by atoms with E-state index in [9.17, 15) is 13.2 Å². The zero-order valence-corrected chi connectivity index (χ0v) is 17.3. The first-order valence-electron chi connectivity index (χ1n) is 9.44. The number of carbonyl (C=O) groups is 1. The lowest BCUT2D eigenvalue weighted by Gasteiger charge is -2.29. The van der Waals surface area contributed by atoms with Gasteiger partial charge in [-0.2, -0.15) is 0 Å². The predicted molar refractivity (Wildman–Crippen MR) is 109 cm³/mol. The van der Waals surface area contributed by atoms with Crippen molar-refractivity contribution >= 4 is 27.3 Å². The van der Waals surface area contributed by atoms with Gasteiger partial charge in [-0.05, 0) is 70.4 Å². The summed E-state index contributed by atoms with van der Waals surface area (Å²) in [6, 6.07) is 10.3. The van der Waals surface area contributed by atoms with Crippen LogP contribution in [0.15, 0.2) is 45.9 Å². The van der Waals surface area contributed by atoms with Crippen LogP contribution in [0.1, 0.15) is 50.6 Å². The van der Waals surface area contributed by atoms with E-state index < -0.39 is 21.5 Å². The van der Waals surface area contributed by atoms with Crippen LogP contribution in [0.2, 0.25) is 0 Å². The third kappa shape index (κ3) is 5.14. The molecule has 2 aromatic rings. The molecule has 1 fully saturated rings. The van der Waals surface area contributed by atoms with Crippen LogP contribution in [-0.4, -0.2) is 33.0 Å². The largest absolute Gasteiger partial charge is 0.438 e. The minimum atomic E-state index is -3.83. The Kier molecular flexibility index (Phi) is 5.81. The molecule has 0 radical (unpaired) electrons. The minimum Gasteiger partial charge on any atom is -0.438 e. The van der Waals surface area contributed by atoms with E-state index in [0.29, 0.717) is 5.69 Å². The van der Waals surface area contributed by atoms with Crippen LogP contribution < -0.4 is 14.9 Å². The SMILES string of the molecule is CC(C)(C)NS(=O)(=O)c1ccc(C(=O)Nc2cccc(N3CCCCC3)c2)o1. The van der Waals surface area contributed by atoms with Crippen LogP contribution >= 0.6 is 0 Å². The van der Waals surface area contributed by atoms with Crippen molar-refractivity contribution in [1.82, 2.24) is 4.72 Å². The van der Waals surface area contributed by atoms with E-state index in [1.165, 1.54) is 31.4 Å². The number of rotatable bonds is 5. The number of sulfonamides is 1. The molecule has 0 spiro atoms. The van der Waals surface area contributed by atoms with Crippen LogP contribution in [0.3, 0.4) is 0 Å². The van der Waals surface area contributed by atoms with Crippen molar-refractivity contribution in [2.45, 2.75) is 50.7 Å². The molecule has 0 unspecified atom stereocenters. The normalized spacial score (nSPS) is 15.5. The number of amides is 1. The number of hydrogen-bond donors (Lipinski definition) is 2. The minimum absolute atomic E-state index is 0.0577. The smallest absolute Gasteiger partial charge is 0.291 e. The van der Waals surface area contributed by atoms with Crippen LogP contribution in [0.5, 0.6) is 0 Å². The number of nitrogens with one attached hydrogen (secondary N) is 2. The van der Waals surface area contributed by atoms with Crippen LogP contribution in [-0.2, 0) is 10.0 Å². The van der Waals surface area contributed by atoms with Crippen LogP contribution in [0.25, 0.3) is 0 Å². The first-order valence-corrected chi connectivity index (χ1v) is 10.9. The summed E-state index contributed by atoms with van der Waals surface area (Å²) in [4.78, 5) is 14.8. The van der Waals surface area contributed by atoms with E-state index in [1.54, 1.807) is 26.8 Å². The molecule has 0 atom stereocenters. The Balaban J connectivity index is 1.71. The lowest BCUT2D eigenvalue weighted by atomic mass is 10.1. The van der Waals surface area contributed by atoms with Gasteiger partial charge < -0.3 is 14.6 Å². The van der Waals surface area contributed by atoms with Crippen molar-refractivity contribution < 1.29 is 17.6 Å². The second kappa shape index (κ2) is 7.97. The number of piperidine rings is 1. The Bertz CT molecular complexity index is 938. The van der Waals surface area contributed by atoms with Gasteiger partial charge in [0.15, 0.2) is 5.76 Å². The summed E-state index contributed by atoms with van der Waals surface area (Å²) in [6.07, 6.45) is 3.59. The Labute approximate surface area is 166 Å². The molecule has 1 aliphatic heterocycles. The Hall–Kier alpha value is -2.32. The van der Waals surface area contributed by atoms with Gasteiger partial charge in [-0.3, -0.25) is 4.79 Å². The standard InChI is InChI=1S/C20H27N3O4S/c1-20(2,3)22-28(25,26)18-11-10-17(27-18)19(24)21-15-8-7-9-16(14-15)23-12-5-4-6-13-23/h7-11,14,22H,4-6,12-13H2,1-3H3,(H,21,24). The fourth-order valence-corrected chi connectivity index (χ4v) is 4.52. The van der Waals surface area contributed by atoms with Gasteiger partial charge in [0.05, 0.1) is 0 Å². The topological polar surface area (TPSA) is 91.6 Å². The van der Waals surface area contributed by atoms with Crippen molar-refractivity contribution in [3.8, 4) is 0 Å². The number of carbonyl (C=O) groups excluding carboxylic acids is 1. The van der Waals surface area contributed by atoms with E-state index in [1.807, 2.05) is 18.2 Å². The molecule has 1 amide bonds. The van der Waals surface area contributed by atoms with E-state index >= 15 is 0 Å². The molecule has 0 saturated carbocycles. The van der Waals surface area contributed by atoms with Gasteiger partial charge in [0.2, 0.25) is 5.09 Å². The summed E-state index contributed by atoms with van der Waals surface area (Å²) in [5.74, 6) is -0.550. The highest BCUT2D eigenvalue weighted by Gasteiger charge is 2.26. The highest BCUT2D eigenvalue weighted by Crippen LogP contribution is 2.24. The van der Waals surface area contributed by atoms with Crippen molar-refractivity contribution in [1.29, 1.82) is 0 Å². The van der Waals surface area contributed by atoms with Crippen molar-refractivity contribution in [3.63, 3.8) is 0 Å². The van der Waals surface area contributed by atoms with Gasteiger partial charge >= 0.3 is 0 Å². The molecule has 0 bridgehead atoms. The summed E-state index contributed by atoms with van der Waals surface area (Å²) in [5, 5.41) is 2.49. The van der Waals surface area contributed by atoms with E-state index in [2.05, 4.69) is 14.9 Å². The molecule has 2 heterocycles. The highest BCUT2D eigenvalue weighted by atomic mass is 32.2. The molecule has 7 nitrogen and oxygen atoms in total. The average Bonchev–Trinajstić information content (AvgIpc) is 3.12. The Morgan fingerprint density at radius 3 is 2.46 bits per heavy atom. The molecule has 1 aliphatic rings. The van der Waals surface area contributed by atoms with Gasteiger partial charge in [0, 0.05) is 30.0 Å². The van der Waals surface area contributed by atoms with E-state index in [4.69, 9.17) is 4.42 Å². The second-order valence-corrected chi connectivity index (χ2v) is 9.64. The molecule has 28 heavy (non-hydrogen) atoms. The Morgan fingerprint density at radius 2 is 1.79 bits per heavy atom. The molecule has 1 aromatic carbocycles. The van der Waals surface area contributed by atoms with Gasteiger partial charge in [0.25, 0.3) is 15.9 Å². The second-order valence-electron chi connectivity index (χ2n) is 8.03. The van der Waals surface area contributed by atoms with E-state index in [-0.39, 0.29) is 10.9 Å². The number of benzene rings is 1. The molecule has 0 aliphatic carbocycles. The summed E-state index contributed by atoms with van der Waals surface area (Å²) >= 11 is 0. The van der Waals surface area contributed by atoms with Crippen molar-refractivity contribution in [3.05, 3.63) is 42.2 Å². The molecule has 1 saturated heterocycles. The molecule has 3 rings (SSSR count). The summed E-state index contributed by atoms with van der Waals surface area (Å²) in [6.45, 7) is 7.22. The molecule has 2 N–H and O–H groups in total. The quantitative estimate of drug-likeness (QED) is 0.793. The lowest BCUT2D eigenvalue weighted by Crippen LogP contribution is -2.40. The molecular formula is C20H27N3O4S. The van der Waals surface area contributed by atoms with Crippen molar-refractivity contribution in [2.24, 2.45) is 0 Å². The first kappa shape index (κ1) is 20.4. The first-order chi connectivity index (χ1) is 13.1. The fourth-order valence-electron chi connectivity index (χ4n) is 3.17. The average molecular weight is 406 g/mol. The summed E-state index contributed by atoms with van der Waals surface area (Å²) in [7, 11) is -3.83. The summed E-state index contributed by atoms with van der Waals surface area (Å²) in [5.41, 5.74) is 1.06. The number of nitrogens with zero attached hydrogens (tertiary/aromatic N) is 1. The number of hydrogen-bond acceptors (Lipinski definition) is 5. The van der Waals surface area contributed by atoms with Gasteiger partial charge in [-0.1, -0.05) is 6.07 Å². The lowest BCUT2D eigenvalue weighted by molar-refractivity contribution is 0.0991. The monoisotopic (exact) mass is 405 g/mol. The third-order valence-electron chi connectivity index (χ3n) is 4.34. The maximum atomic E-state index is 12.5. The number of anilines is 2. The summed E-state index contributed by atoms with van der Waals surface area (Å²) < 4.78 is 32.4. The van der Waals surface area contributed by atoms with Gasteiger partial charge in [-0.15, -0.1) is 0 Å². The fraction of sp³-hybridized carbons (Fsp3) is 0.450. The Morgan fingerprint density at radius 1 is 1.07 bits per heavy atom. The molecular weight excluding hydrogens is 378 g/mol. The van der Waals surface area contributed by atoms with E-state index in [0.717, 1.165) is 18.8 Å².